The van der Waals surface area contributed by atoms with Crippen LogP contribution in [0.3, 0.4) is 0 Å². The summed E-state index contributed by atoms with van der Waals surface area (Å²) in [7, 11) is 0. The molecule has 0 heterocycles. The Morgan fingerprint density at radius 3 is 2.47 bits per heavy atom. The van der Waals surface area contributed by atoms with E-state index in [9.17, 15) is 14.7 Å². The van der Waals surface area contributed by atoms with Crippen molar-refractivity contribution in [3.8, 4) is 11.1 Å². The average Bonchev–Trinajstić information content (AvgIpc) is 2.85. The summed E-state index contributed by atoms with van der Waals surface area (Å²) in [5.41, 5.74) is 4.55. The fraction of sp³-hybridized carbons (Fsp3) is 0.533. The van der Waals surface area contributed by atoms with Crippen LogP contribution in [-0.2, 0) is 11.3 Å². The highest BCUT2D eigenvalue weighted by Crippen LogP contribution is 2.31. The van der Waals surface area contributed by atoms with Gasteiger partial charge in [0.1, 0.15) is 6.04 Å². The van der Waals surface area contributed by atoms with Crippen molar-refractivity contribution in [2.24, 2.45) is 5.92 Å². The van der Waals surface area contributed by atoms with Gasteiger partial charge in [0.2, 0.25) is 0 Å². The topological polar surface area (TPSA) is 78.4 Å². The molecule has 1 aliphatic rings. The molecule has 0 radical (unpaired) electrons. The molecule has 0 aliphatic heterocycles. The number of nitrogens with one attached hydrogen (secondary N) is 2. The number of benzene rings is 2. The van der Waals surface area contributed by atoms with Crippen LogP contribution in [0, 0.1) is 12.8 Å². The first-order chi connectivity index (χ1) is 17.2. The minimum Gasteiger partial charge on any atom is -0.480 e. The number of rotatable bonds is 12. The Labute approximate surface area is 220 Å². The Bertz CT molecular complexity index is 1030. The zero-order chi connectivity index (χ0) is 26.1. The lowest BCUT2D eigenvalue weighted by atomic mass is 9.81. The summed E-state index contributed by atoms with van der Waals surface area (Å²) in [6.45, 7) is 7.32. The molecule has 1 aliphatic carbocycles. The first-order valence-electron chi connectivity index (χ1n) is 13.2. The van der Waals surface area contributed by atoms with Crippen molar-refractivity contribution in [1.29, 1.82) is 0 Å². The van der Waals surface area contributed by atoms with Crippen molar-refractivity contribution >= 4 is 23.6 Å². The number of hydrogen-bond acceptors (Lipinski definition) is 4. The zero-order valence-electron chi connectivity index (χ0n) is 22.2. The van der Waals surface area contributed by atoms with Gasteiger partial charge in [0, 0.05) is 17.6 Å². The summed E-state index contributed by atoms with van der Waals surface area (Å²) in [6, 6.07) is 13.0. The van der Waals surface area contributed by atoms with Crippen LogP contribution in [0.15, 0.2) is 42.5 Å². The van der Waals surface area contributed by atoms with E-state index in [4.69, 9.17) is 0 Å². The standard InChI is InChI=1S/C30H42N2O3S/c1-21-10-8-9-13-24(21)26-18-23(20-31-30(2,3)19-22-11-6-5-7-12-22)14-15-25(26)28(33)32-27(29(34)35)16-17-36-4/h8-10,13-15,18,22,27,31H,5-7,11-12,16-17,19-20H2,1-4H3,(H,32,33)(H,34,35). The number of hydrogen-bond donors (Lipinski definition) is 3. The number of aliphatic carboxylic acids is 1. The quantitative estimate of drug-likeness (QED) is 0.306. The Morgan fingerprint density at radius 2 is 1.81 bits per heavy atom. The molecule has 0 saturated heterocycles. The number of carboxylic acids is 1. The summed E-state index contributed by atoms with van der Waals surface area (Å²) in [6.07, 6.45) is 10.2. The van der Waals surface area contributed by atoms with Gasteiger partial charge in [-0.1, -0.05) is 62.4 Å². The van der Waals surface area contributed by atoms with E-state index in [1.807, 2.05) is 49.6 Å². The Kier molecular flexibility index (Phi) is 10.4. The molecule has 0 spiro atoms. The lowest BCUT2D eigenvalue weighted by molar-refractivity contribution is -0.139. The molecule has 5 nitrogen and oxygen atoms in total. The van der Waals surface area contributed by atoms with Gasteiger partial charge in [0.05, 0.1) is 0 Å². The Hall–Kier alpha value is -2.31. The van der Waals surface area contributed by atoms with Gasteiger partial charge in [-0.3, -0.25) is 4.79 Å². The second kappa shape index (κ2) is 13.3. The first-order valence-corrected chi connectivity index (χ1v) is 14.6. The second-order valence-electron chi connectivity index (χ2n) is 10.8. The summed E-state index contributed by atoms with van der Waals surface area (Å²) in [5.74, 6) is 0.112. The molecule has 196 valence electrons. The van der Waals surface area contributed by atoms with Crippen LogP contribution in [0.5, 0.6) is 0 Å². The van der Waals surface area contributed by atoms with Crippen LogP contribution < -0.4 is 10.6 Å². The molecule has 3 N–H and O–H groups in total. The third kappa shape index (κ3) is 8.10. The van der Waals surface area contributed by atoms with Crippen molar-refractivity contribution < 1.29 is 14.7 Å². The fourth-order valence-electron chi connectivity index (χ4n) is 5.25. The van der Waals surface area contributed by atoms with E-state index in [0.717, 1.165) is 28.2 Å². The van der Waals surface area contributed by atoms with Crippen LogP contribution in [0.4, 0.5) is 0 Å². The maximum atomic E-state index is 13.3. The van der Waals surface area contributed by atoms with E-state index in [1.165, 1.54) is 38.5 Å². The third-order valence-corrected chi connectivity index (χ3v) is 7.92. The molecular formula is C30H42N2O3S. The predicted octanol–water partition coefficient (Wildman–Crippen LogP) is 6.44. The molecule has 0 aromatic heterocycles. The van der Waals surface area contributed by atoms with Crippen LogP contribution in [-0.4, -0.2) is 40.6 Å². The Morgan fingerprint density at radius 1 is 1.08 bits per heavy atom. The smallest absolute Gasteiger partial charge is 0.326 e. The first kappa shape index (κ1) is 28.3. The van der Waals surface area contributed by atoms with E-state index < -0.39 is 12.0 Å². The summed E-state index contributed by atoms with van der Waals surface area (Å²) >= 11 is 1.57. The molecule has 3 rings (SSSR count). The van der Waals surface area contributed by atoms with Gasteiger partial charge in [-0.2, -0.15) is 11.8 Å². The minimum atomic E-state index is -1.00. The van der Waals surface area contributed by atoms with Crippen molar-refractivity contribution in [1.82, 2.24) is 10.6 Å². The molecule has 0 bridgehead atoms. The molecule has 1 atom stereocenters. The molecule has 1 unspecified atom stereocenters. The summed E-state index contributed by atoms with van der Waals surface area (Å²) in [5, 5.41) is 16.1. The van der Waals surface area contributed by atoms with Gasteiger partial charge in [0.25, 0.3) is 5.91 Å². The van der Waals surface area contributed by atoms with Gasteiger partial charge in [-0.15, -0.1) is 0 Å². The number of thioether (sulfide) groups is 1. The van der Waals surface area contributed by atoms with Gasteiger partial charge in [0.15, 0.2) is 0 Å². The lowest BCUT2D eigenvalue weighted by Crippen LogP contribution is -2.41. The highest BCUT2D eigenvalue weighted by atomic mass is 32.2. The zero-order valence-corrected chi connectivity index (χ0v) is 23.0. The second-order valence-corrected chi connectivity index (χ2v) is 11.8. The Balaban J connectivity index is 1.82. The summed E-state index contributed by atoms with van der Waals surface area (Å²) < 4.78 is 0. The van der Waals surface area contributed by atoms with Crippen LogP contribution in [0.25, 0.3) is 11.1 Å². The molecule has 36 heavy (non-hydrogen) atoms. The van der Waals surface area contributed by atoms with Crippen LogP contribution >= 0.6 is 11.8 Å². The average molecular weight is 511 g/mol. The van der Waals surface area contributed by atoms with Crippen molar-refractivity contribution in [2.45, 2.75) is 83.8 Å². The van der Waals surface area contributed by atoms with Crippen molar-refractivity contribution in [3.05, 3.63) is 59.2 Å². The fourth-order valence-corrected chi connectivity index (χ4v) is 5.72. The predicted molar refractivity (Wildman–Crippen MR) is 151 cm³/mol. The lowest BCUT2D eigenvalue weighted by Gasteiger charge is -2.33. The largest absolute Gasteiger partial charge is 0.480 e. The van der Waals surface area contributed by atoms with E-state index >= 15 is 0 Å². The van der Waals surface area contributed by atoms with Crippen LogP contribution in [0.2, 0.25) is 0 Å². The highest BCUT2D eigenvalue weighted by molar-refractivity contribution is 7.98. The number of carbonyl (C=O) groups is 2. The number of aryl methyl sites for hydroxylation is 1. The van der Waals surface area contributed by atoms with Gasteiger partial charge < -0.3 is 15.7 Å². The van der Waals surface area contributed by atoms with E-state index in [2.05, 4.69) is 30.5 Å². The van der Waals surface area contributed by atoms with E-state index in [-0.39, 0.29) is 11.4 Å². The normalized spacial score (nSPS) is 15.4. The molecule has 2 aromatic rings. The maximum Gasteiger partial charge on any atom is 0.326 e. The van der Waals surface area contributed by atoms with E-state index in [1.54, 1.807) is 11.8 Å². The molecular weight excluding hydrogens is 468 g/mol. The van der Waals surface area contributed by atoms with Crippen molar-refractivity contribution in [3.63, 3.8) is 0 Å². The number of carboxylic acid groups (broad SMARTS) is 1. The SMILES string of the molecule is CSCCC(NC(=O)c1ccc(CNC(C)(C)CC2CCCCC2)cc1-c1ccccc1C)C(=O)O. The van der Waals surface area contributed by atoms with Gasteiger partial charge in [-0.25, -0.2) is 4.79 Å². The number of amides is 1. The van der Waals surface area contributed by atoms with Gasteiger partial charge >= 0.3 is 5.97 Å². The highest BCUT2D eigenvalue weighted by Gasteiger charge is 2.25. The minimum absolute atomic E-state index is 0.0346. The molecule has 1 saturated carbocycles. The number of carbonyl (C=O) groups excluding carboxylic acids is 1. The monoisotopic (exact) mass is 510 g/mol. The molecule has 2 aromatic carbocycles. The summed E-state index contributed by atoms with van der Waals surface area (Å²) in [4.78, 5) is 25.0. The third-order valence-electron chi connectivity index (χ3n) is 7.27. The van der Waals surface area contributed by atoms with Gasteiger partial charge in [-0.05, 0) is 85.9 Å². The van der Waals surface area contributed by atoms with E-state index in [0.29, 0.717) is 24.3 Å². The molecule has 6 heteroatoms. The molecule has 1 fully saturated rings. The van der Waals surface area contributed by atoms with Crippen LogP contribution in [0.1, 0.15) is 80.3 Å². The molecule has 1 amide bonds. The van der Waals surface area contributed by atoms with Crippen molar-refractivity contribution in [2.75, 3.05) is 12.0 Å². The maximum absolute atomic E-state index is 13.3.